The molecule has 2 aromatic carbocycles. The van der Waals surface area contributed by atoms with Crippen molar-refractivity contribution >= 4 is 11.9 Å². The van der Waals surface area contributed by atoms with Crippen LogP contribution in [-0.2, 0) is 0 Å². The minimum atomic E-state index is -1.15. The normalized spacial score (nSPS) is 9.11. The lowest BCUT2D eigenvalue weighted by Crippen LogP contribution is -2.15. The van der Waals surface area contributed by atoms with Crippen LogP contribution < -0.4 is 5.73 Å². The zero-order valence-corrected chi connectivity index (χ0v) is 10.5. The number of benzene rings is 2. The number of aryl methyl sites for hydroxylation is 1. The summed E-state index contributed by atoms with van der Waals surface area (Å²) in [5.74, 6) is -1.88. The third-order valence-electron chi connectivity index (χ3n) is 2.36. The lowest BCUT2D eigenvalue weighted by Gasteiger charge is -1.99. The maximum atomic E-state index is 10.7. The van der Waals surface area contributed by atoms with E-state index in [4.69, 9.17) is 10.8 Å². The molecular formula is C15H15NO3. The van der Waals surface area contributed by atoms with Crippen LogP contribution in [0.5, 0.6) is 0 Å². The number of hydrogen-bond donors (Lipinski definition) is 2. The highest BCUT2D eigenvalue weighted by Crippen LogP contribution is 2.07. The van der Waals surface area contributed by atoms with E-state index in [1.165, 1.54) is 23.8 Å². The van der Waals surface area contributed by atoms with Gasteiger partial charge in [0.1, 0.15) is 0 Å². The van der Waals surface area contributed by atoms with Crippen LogP contribution in [-0.4, -0.2) is 17.0 Å². The van der Waals surface area contributed by atoms with E-state index in [2.05, 4.69) is 19.1 Å². The summed E-state index contributed by atoms with van der Waals surface area (Å²) >= 11 is 0. The molecule has 0 aliphatic carbocycles. The van der Waals surface area contributed by atoms with Crippen LogP contribution in [0.2, 0.25) is 0 Å². The van der Waals surface area contributed by atoms with Gasteiger partial charge in [0.05, 0.1) is 11.1 Å². The molecule has 0 saturated heterocycles. The maximum absolute atomic E-state index is 10.7. The zero-order valence-electron chi connectivity index (χ0n) is 10.5. The first-order valence-corrected chi connectivity index (χ1v) is 5.66. The molecule has 0 fully saturated rings. The summed E-state index contributed by atoms with van der Waals surface area (Å²) in [6.45, 7) is 2.08. The van der Waals surface area contributed by atoms with Gasteiger partial charge in [0.2, 0.25) is 5.91 Å². The highest BCUT2D eigenvalue weighted by Gasteiger charge is 2.11. The number of rotatable bonds is 2. The zero-order chi connectivity index (χ0) is 14.3. The Balaban J connectivity index is 0.000000218. The fourth-order valence-electron chi connectivity index (χ4n) is 1.42. The van der Waals surface area contributed by atoms with E-state index in [-0.39, 0.29) is 11.1 Å². The van der Waals surface area contributed by atoms with Gasteiger partial charge in [-0.15, -0.1) is 0 Å². The highest BCUT2D eigenvalue weighted by molar-refractivity contribution is 6.03. The van der Waals surface area contributed by atoms with Crippen molar-refractivity contribution in [1.82, 2.24) is 0 Å². The molecule has 0 bridgehead atoms. The first-order chi connectivity index (χ1) is 9.02. The second-order valence-corrected chi connectivity index (χ2v) is 3.87. The van der Waals surface area contributed by atoms with Gasteiger partial charge in [0.25, 0.3) is 0 Å². The fourth-order valence-corrected chi connectivity index (χ4v) is 1.42. The summed E-state index contributed by atoms with van der Waals surface area (Å²) in [6, 6.07) is 16.1. The Hall–Kier alpha value is -2.62. The maximum Gasteiger partial charge on any atom is 0.336 e. The quantitative estimate of drug-likeness (QED) is 0.867. The summed E-state index contributed by atoms with van der Waals surface area (Å²) in [5.41, 5.74) is 6.24. The molecule has 0 aliphatic rings. The van der Waals surface area contributed by atoms with Gasteiger partial charge in [0, 0.05) is 0 Å². The van der Waals surface area contributed by atoms with Gasteiger partial charge in [-0.2, -0.15) is 0 Å². The van der Waals surface area contributed by atoms with Gasteiger partial charge >= 0.3 is 5.97 Å². The van der Waals surface area contributed by atoms with Crippen LogP contribution >= 0.6 is 0 Å². The predicted octanol–water partition coefficient (Wildman–Crippen LogP) is 2.48. The van der Waals surface area contributed by atoms with Crippen molar-refractivity contribution in [3.05, 3.63) is 71.3 Å². The molecule has 0 saturated carbocycles. The number of carboxylic acid groups (broad SMARTS) is 1. The number of amides is 1. The van der Waals surface area contributed by atoms with Gasteiger partial charge in [-0.1, -0.05) is 48.0 Å². The van der Waals surface area contributed by atoms with Crippen LogP contribution in [0.25, 0.3) is 0 Å². The van der Waals surface area contributed by atoms with Crippen molar-refractivity contribution in [2.75, 3.05) is 0 Å². The number of carbonyl (C=O) groups excluding carboxylic acids is 1. The van der Waals surface area contributed by atoms with Gasteiger partial charge in [-0.05, 0) is 19.1 Å². The van der Waals surface area contributed by atoms with E-state index in [0.717, 1.165) is 0 Å². The molecule has 3 N–H and O–H groups in total. The molecule has 0 spiro atoms. The van der Waals surface area contributed by atoms with Gasteiger partial charge in [-0.3, -0.25) is 4.79 Å². The number of aromatic carboxylic acids is 1. The molecule has 0 radical (unpaired) electrons. The van der Waals surface area contributed by atoms with Crippen molar-refractivity contribution < 1.29 is 14.7 Å². The van der Waals surface area contributed by atoms with Crippen LogP contribution in [0.15, 0.2) is 54.6 Å². The first-order valence-electron chi connectivity index (χ1n) is 5.66. The fraction of sp³-hybridized carbons (Fsp3) is 0.0667. The van der Waals surface area contributed by atoms with Crippen molar-refractivity contribution in [3.8, 4) is 0 Å². The van der Waals surface area contributed by atoms with E-state index in [0.29, 0.717) is 0 Å². The first kappa shape index (κ1) is 14.4. The molecule has 0 heterocycles. The predicted molar refractivity (Wildman–Crippen MR) is 73.1 cm³/mol. The summed E-state index contributed by atoms with van der Waals surface area (Å²) in [6.07, 6.45) is 0. The van der Waals surface area contributed by atoms with Crippen LogP contribution in [0.3, 0.4) is 0 Å². The third-order valence-corrected chi connectivity index (χ3v) is 2.36. The average Bonchev–Trinajstić information content (AvgIpc) is 2.40. The van der Waals surface area contributed by atoms with Gasteiger partial charge < -0.3 is 10.8 Å². The molecule has 4 nitrogen and oxygen atoms in total. The Bertz CT molecular complexity index is 532. The minimum absolute atomic E-state index is 0.0324. The topological polar surface area (TPSA) is 80.4 Å². The van der Waals surface area contributed by atoms with E-state index in [1.807, 2.05) is 18.2 Å². The Morgan fingerprint density at radius 2 is 1.37 bits per heavy atom. The summed E-state index contributed by atoms with van der Waals surface area (Å²) in [4.78, 5) is 21.2. The third kappa shape index (κ3) is 4.63. The van der Waals surface area contributed by atoms with E-state index < -0.39 is 11.9 Å². The molecule has 0 aliphatic heterocycles. The smallest absolute Gasteiger partial charge is 0.336 e. The Kier molecular flexibility index (Phi) is 5.29. The van der Waals surface area contributed by atoms with Crippen molar-refractivity contribution in [1.29, 1.82) is 0 Å². The van der Waals surface area contributed by atoms with Crippen LogP contribution in [0, 0.1) is 6.92 Å². The molecular weight excluding hydrogens is 242 g/mol. The monoisotopic (exact) mass is 257 g/mol. The lowest BCUT2D eigenvalue weighted by molar-refractivity contribution is 0.0692. The van der Waals surface area contributed by atoms with E-state index in [9.17, 15) is 9.59 Å². The standard InChI is InChI=1S/C8H7NO3.C7H8/c9-7(10)5-3-1-2-4-6(5)8(11)12;1-7-5-3-2-4-6-7/h1-4H,(H2,9,10)(H,11,12);2-6H,1H3. The second kappa shape index (κ2) is 6.96. The summed E-state index contributed by atoms with van der Waals surface area (Å²) < 4.78 is 0. The lowest BCUT2D eigenvalue weighted by atomic mass is 10.1. The largest absolute Gasteiger partial charge is 0.478 e. The summed E-state index contributed by atoms with van der Waals surface area (Å²) in [7, 11) is 0. The number of hydrogen-bond acceptors (Lipinski definition) is 2. The van der Waals surface area contributed by atoms with Crippen molar-refractivity contribution in [3.63, 3.8) is 0 Å². The average molecular weight is 257 g/mol. The number of carbonyl (C=O) groups is 2. The molecule has 0 aromatic heterocycles. The number of primary amides is 1. The molecule has 4 heteroatoms. The molecule has 1 amide bonds. The second-order valence-electron chi connectivity index (χ2n) is 3.87. The van der Waals surface area contributed by atoms with Crippen molar-refractivity contribution in [2.45, 2.75) is 6.92 Å². The van der Waals surface area contributed by atoms with Gasteiger partial charge in [-0.25, -0.2) is 4.79 Å². The summed E-state index contributed by atoms with van der Waals surface area (Å²) in [5, 5.41) is 8.61. The molecule has 19 heavy (non-hydrogen) atoms. The van der Waals surface area contributed by atoms with Gasteiger partial charge in [0.15, 0.2) is 0 Å². The van der Waals surface area contributed by atoms with E-state index >= 15 is 0 Å². The Morgan fingerprint density at radius 1 is 0.895 bits per heavy atom. The molecule has 0 unspecified atom stereocenters. The Labute approximate surface area is 111 Å². The molecule has 98 valence electrons. The number of carboxylic acids is 1. The van der Waals surface area contributed by atoms with Crippen molar-refractivity contribution in [2.24, 2.45) is 5.73 Å². The highest BCUT2D eigenvalue weighted by atomic mass is 16.4. The minimum Gasteiger partial charge on any atom is -0.478 e. The SMILES string of the molecule is Cc1ccccc1.NC(=O)c1ccccc1C(=O)O. The molecule has 2 rings (SSSR count). The molecule has 2 aromatic rings. The van der Waals surface area contributed by atoms with Crippen LogP contribution in [0.4, 0.5) is 0 Å². The van der Waals surface area contributed by atoms with Crippen LogP contribution in [0.1, 0.15) is 26.3 Å². The number of nitrogens with two attached hydrogens (primary N) is 1. The molecule has 0 atom stereocenters. The van der Waals surface area contributed by atoms with E-state index in [1.54, 1.807) is 6.07 Å². The Morgan fingerprint density at radius 3 is 1.68 bits per heavy atom.